The number of esters is 1. The van der Waals surface area contributed by atoms with Crippen molar-refractivity contribution in [1.82, 2.24) is 4.72 Å². The Morgan fingerprint density at radius 3 is 2.48 bits per heavy atom. The van der Waals surface area contributed by atoms with Crippen LogP contribution in [0.2, 0.25) is 0 Å². The Balaban J connectivity index is 2.15. The van der Waals surface area contributed by atoms with Crippen LogP contribution >= 0.6 is 0 Å². The lowest BCUT2D eigenvalue weighted by Crippen LogP contribution is -2.40. The van der Waals surface area contributed by atoms with Gasteiger partial charge in [-0.05, 0) is 58.0 Å². The summed E-state index contributed by atoms with van der Waals surface area (Å²) in [6, 6.07) is 8.66. The van der Waals surface area contributed by atoms with Gasteiger partial charge in [-0.1, -0.05) is 6.07 Å². The third-order valence-electron chi connectivity index (χ3n) is 3.14. The summed E-state index contributed by atoms with van der Waals surface area (Å²) in [4.78, 5) is 24.1. The minimum atomic E-state index is -3.89. The molecule has 8 nitrogen and oxygen atoms in total. The molecule has 2 N–H and O–H groups in total. The van der Waals surface area contributed by atoms with Gasteiger partial charge in [-0.3, -0.25) is 4.79 Å². The number of anilines is 1. The van der Waals surface area contributed by atoms with E-state index >= 15 is 0 Å². The van der Waals surface area contributed by atoms with Crippen molar-refractivity contribution in [1.29, 1.82) is 0 Å². The average Bonchev–Trinajstić information content (AvgIpc) is 3.04. The minimum Gasteiger partial charge on any atom is -0.462 e. The van der Waals surface area contributed by atoms with Crippen molar-refractivity contribution in [2.45, 2.75) is 38.3 Å². The standard InChI is InChI=1S/C18H22N2O6S/c1-5-25-17(22)12-7-6-8-13(11-12)19-16(21)14-9-10-15(26-14)27(23,24)20-18(2,3)4/h6-11,20H,5H2,1-4H3,(H,19,21). The maximum absolute atomic E-state index is 12.3. The number of rotatable bonds is 6. The first-order chi connectivity index (χ1) is 12.5. The van der Waals surface area contributed by atoms with Gasteiger partial charge in [0.2, 0.25) is 5.09 Å². The molecule has 0 saturated carbocycles. The minimum absolute atomic E-state index is 0.175. The number of furan rings is 1. The molecule has 1 aromatic carbocycles. The number of amides is 1. The first-order valence-corrected chi connectivity index (χ1v) is 9.72. The van der Waals surface area contributed by atoms with Gasteiger partial charge in [0.1, 0.15) is 0 Å². The molecular weight excluding hydrogens is 372 g/mol. The fourth-order valence-electron chi connectivity index (χ4n) is 2.17. The van der Waals surface area contributed by atoms with Gasteiger partial charge in [0.05, 0.1) is 12.2 Å². The largest absolute Gasteiger partial charge is 0.462 e. The van der Waals surface area contributed by atoms with Crippen LogP contribution in [0.5, 0.6) is 0 Å². The van der Waals surface area contributed by atoms with E-state index in [-0.39, 0.29) is 23.0 Å². The van der Waals surface area contributed by atoms with E-state index in [9.17, 15) is 18.0 Å². The van der Waals surface area contributed by atoms with Gasteiger partial charge >= 0.3 is 5.97 Å². The lowest BCUT2D eigenvalue weighted by atomic mass is 10.1. The molecule has 1 heterocycles. The van der Waals surface area contributed by atoms with Crippen LogP contribution in [-0.2, 0) is 14.8 Å². The number of hydrogen-bond acceptors (Lipinski definition) is 6. The van der Waals surface area contributed by atoms with Gasteiger partial charge < -0.3 is 14.5 Å². The number of benzene rings is 1. The number of sulfonamides is 1. The van der Waals surface area contributed by atoms with Gasteiger partial charge in [-0.15, -0.1) is 0 Å². The molecule has 146 valence electrons. The van der Waals surface area contributed by atoms with Gasteiger partial charge in [0.25, 0.3) is 15.9 Å². The Labute approximate surface area is 157 Å². The first-order valence-electron chi connectivity index (χ1n) is 8.24. The van der Waals surface area contributed by atoms with Crippen LogP contribution in [0.25, 0.3) is 0 Å². The van der Waals surface area contributed by atoms with Crippen LogP contribution in [0.1, 0.15) is 48.6 Å². The molecule has 0 spiro atoms. The predicted octanol–water partition coefficient (Wildman–Crippen LogP) is 2.79. The highest BCUT2D eigenvalue weighted by atomic mass is 32.2. The monoisotopic (exact) mass is 394 g/mol. The van der Waals surface area contributed by atoms with Crippen molar-refractivity contribution >= 4 is 27.6 Å². The SMILES string of the molecule is CCOC(=O)c1cccc(NC(=O)c2ccc(S(=O)(=O)NC(C)(C)C)o2)c1. The fraction of sp³-hybridized carbons (Fsp3) is 0.333. The highest BCUT2D eigenvalue weighted by Gasteiger charge is 2.26. The lowest BCUT2D eigenvalue weighted by Gasteiger charge is -2.18. The number of ether oxygens (including phenoxy) is 1. The van der Waals surface area contributed by atoms with Crippen LogP contribution in [0.3, 0.4) is 0 Å². The highest BCUT2D eigenvalue weighted by Crippen LogP contribution is 2.18. The van der Waals surface area contributed by atoms with Crippen LogP contribution in [-0.4, -0.2) is 32.4 Å². The second-order valence-electron chi connectivity index (χ2n) is 6.73. The molecular formula is C18H22N2O6S. The molecule has 9 heteroatoms. The topological polar surface area (TPSA) is 115 Å². The van der Waals surface area contributed by atoms with Crippen molar-refractivity contribution < 1.29 is 27.2 Å². The summed E-state index contributed by atoms with van der Waals surface area (Å²) >= 11 is 0. The molecule has 0 atom stereocenters. The third-order valence-corrected chi connectivity index (χ3v) is 4.77. The second kappa shape index (κ2) is 7.93. The van der Waals surface area contributed by atoms with E-state index in [0.717, 1.165) is 0 Å². The second-order valence-corrected chi connectivity index (χ2v) is 8.34. The van der Waals surface area contributed by atoms with Crippen molar-refractivity contribution in [3.05, 3.63) is 47.7 Å². The normalized spacial score (nSPS) is 11.9. The number of hydrogen-bond donors (Lipinski definition) is 2. The quantitative estimate of drug-likeness (QED) is 0.728. The smallest absolute Gasteiger partial charge is 0.338 e. The molecule has 0 unspecified atom stereocenters. The number of carbonyl (C=O) groups excluding carboxylic acids is 2. The predicted molar refractivity (Wildman–Crippen MR) is 99.1 cm³/mol. The van der Waals surface area contributed by atoms with Gasteiger partial charge in [0.15, 0.2) is 5.76 Å². The molecule has 0 bridgehead atoms. The summed E-state index contributed by atoms with van der Waals surface area (Å²) in [5, 5.41) is 2.19. The van der Waals surface area contributed by atoms with Crippen molar-refractivity contribution in [2.75, 3.05) is 11.9 Å². The zero-order valence-electron chi connectivity index (χ0n) is 15.5. The molecule has 1 aromatic heterocycles. The van der Waals surface area contributed by atoms with Crippen molar-refractivity contribution in [3.63, 3.8) is 0 Å². The zero-order chi connectivity index (χ0) is 20.2. The molecule has 0 aliphatic rings. The Morgan fingerprint density at radius 2 is 1.85 bits per heavy atom. The molecule has 0 radical (unpaired) electrons. The highest BCUT2D eigenvalue weighted by molar-refractivity contribution is 7.89. The summed E-state index contributed by atoms with van der Waals surface area (Å²) in [6.45, 7) is 7.01. The van der Waals surface area contributed by atoms with E-state index < -0.39 is 27.4 Å². The van der Waals surface area contributed by atoms with E-state index in [2.05, 4.69) is 10.0 Å². The first kappa shape index (κ1) is 20.7. The Morgan fingerprint density at radius 1 is 1.15 bits per heavy atom. The molecule has 27 heavy (non-hydrogen) atoms. The van der Waals surface area contributed by atoms with Crippen molar-refractivity contribution in [2.24, 2.45) is 0 Å². The van der Waals surface area contributed by atoms with E-state index in [4.69, 9.17) is 9.15 Å². The molecule has 0 saturated heterocycles. The van der Waals surface area contributed by atoms with E-state index in [0.29, 0.717) is 5.69 Å². The van der Waals surface area contributed by atoms with E-state index in [1.54, 1.807) is 45.9 Å². The van der Waals surface area contributed by atoms with Crippen LogP contribution in [0, 0.1) is 0 Å². The molecule has 0 aliphatic carbocycles. The van der Waals surface area contributed by atoms with E-state index in [1.165, 1.54) is 18.2 Å². The summed E-state index contributed by atoms with van der Waals surface area (Å²) in [5.74, 6) is -1.33. The number of carbonyl (C=O) groups is 2. The number of nitrogens with one attached hydrogen (secondary N) is 2. The van der Waals surface area contributed by atoms with Gasteiger partial charge in [0, 0.05) is 11.2 Å². The van der Waals surface area contributed by atoms with Crippen LogP contribution in [0.15, 0.2) is 45.9 Å². The third kappa shape index (κ3) is 5.66. The van der Waals surface area contributed by atoms with Gasteiger partial charge in [-0.2, -0.15) is 0 Å². The molecule has 0 fully saturated rings. The van der Waals surface area contributed by atoms with Crippen LogP contribution < -0.4 is 10.0 Å². The van der Waals surface area contributed by atoms with Crippen LogP contribution in [0.4, 0.5) is 5.69 Å². The molecule has 0 aliphatic heterocycles. The summed E-state index contributed by atoms with van der Waals surface area (Å²) in [5.41, 5.74) is -0.0624. The maximum Gasteiger partial charge on any atom is 0.338 e. The summed E-state index contributed by atoms with van der Waals surface area (Å²) < 4.78 is 37.0. The van der Waals surface area contributed by atoms with E-state index in [1.807, 2.05) is 0 Å². The van der Waals surface area contributed by atoms with Crippen molar-refractivity contribution in [3.8, 4) is 0 Å². The molecule has 1 amide bonds. The fourth-order valence-corrected chi connectivity index (χ4v) is 3.52. The average molecular weight is 394 g/mol. The zero-order valence-corrected chi connectivity index (χ0v) is 16.3. The summed E-state index contributed by atoms with van der Waals surface area (Å²) in [6.07, 6.45) is 0. The van der Waals surface area contributed by atoms with Gasteiger partial charge in [-0.25, -0.2) is 17.9 Å². The molecule has 2 aromatic rings. The Hall–Kier alpha value is -2.65. The molecule has 2 rings (SSSR count). The lowest BCUT2D eigenvalue weighted by molar-refractivity contribution is 0.0526. The Kier molecular flexibility index (Phi) is 6.07. The Bertz CT molecular complexity index is 941. The summed E-state index contributed by atoms with van der Waals surface area (Å²) in [7, 11) is -3.89. The maximum atomic E-state index is 12.3.